The quantitative estimate of drug-likeness (QED) is 0.428. The van der Waals surface area contributed by atoms with Crippen LogP contribution in [0.25, 0.3) is 10.2 Å². The maximum atomic E-state index is 13.2. The zero-order valence-corrected chi connectivity index (χ0v) is 20.1. The molecule has 1 aliphatic rings. The second-order valence-electron chi connectivity index (χ2n) is 7.60. The second kappa shape index (κ2) is 8.62. The summed E-state index contributed by atoms with van der Waals surface area (Å²) < 4.78 is 39.3. The number of thiazole rings is 1. The van der Waals surface area contributed by atoms with Gasteiger partial charge in [0.25, 0.3) is 15.9 Å². The van der Waals surface area contributed by atoms with Crippen LogP contribution in [0.2, 0.25) is 0 Å². The summed E-state index contributed by atoms with van der Waals surface area (Å²) in [6.07, 6.45) is 0.674. The van der Waals surface area contributed by atoms with Crippen molar-refractivity contribution in [1.82, 2.24) is 4.98 Å². The number of nitrogens with one attached hydrogen (secondary N) is 1. The van der Waals surface area contributed by atoms with E-state index in [0.717, 1.165) is 10.3 Å². The standard InChI is InChI=1S/C24H21N3O5S2/c1-31-19-11-12-20(32-2)22-21(19)25-24(33-22)26-23(28)16-7-9-17(10-8-16)34(29,30)27-14-13-15-5-3-4-6-18(15)27/h3-12H,13-14H2,1-2H3,(H,25,26,28). The molecule has 10 heteroatoms. The van der Waals surface area contributed by atoms with Crippen molar-refractivity contribution in [2.45, 2.75) is 11.3 Å². The molecule has 34 heavy (non-hydrogen) atoms. The highest BCUT2D eigenvalue weighted by Crippen LogP contribution is 2.39. The molecule has 0 saturated heterocycles. The van der Waals surface area contributed by atoms with E-state index in [4.69, 9.17) is 9.47 Å². The predicted octanol–water partition coefficient (Wildman–Crippen LogP) is 4.32. The summed E-state index contributed by atoms with van der Waals surface area (Å²) in [7, 11) is -0.607. The first-order chi connectivity index (χ1) is 16.4. The Balaban J connectivity index is 1.37. The fraction of sp³-hybridized carbons (Fsp3) is 0.167. The fourth-order valence-corrected chi connectivity index (χ4v) is 6.44. The summed E-state index contributed by atoms with van der Waals surface area (Å²) in [6, 6.07) is 16.9. The van der Waals surface area contributed by atoms with Gasteiger partial charge in [-0.15, -0.1) is 0 Å². The van der Waals surface area contributed by atoms with Crippen LogP contribution in [-0.4, -0.2) is 40.1 Å². The lowest BCUT2D eigenvalue weighted by Crippen LogP contribution is -2.29. The van der Waals surface area contributed by atoms with Crippen molar-refractivity contribution in [3.63, 3.8) is 0 Å². The van der Waals surface area contributed by atoms with E-state index in [2.05, 4.69) is 10.3 Å². The molecule has 0 saturated carbocycles. The molecule has 4 aromatic rings. The number of nitrogens with zero attached hydrogens (tertiary/aromatic N) is 2. The van der Waals surface area contributed by atoms with Gasteiger partial charge in [-0.1, -0.05) is 29.5 Å². The molecule has 8 nitrogen and oxygen atoms in total. The molecule has 174 valence electrons. The van der Waals surface area contributed by atoms with Crippen LogP contribution in [-0.2, 0) is 16.4 Å². The van der Waals surface area contributed by atoms with Gasteiger partial charge in [0.2, 0.25) is 0 Å². The van der Waals surface area contributed by atoms with Crippen LogP contribution in [0.5, 0.6) is 11.5 Å². The molecule has 0 spiro atoms. The Kier molecular flexibility index (Phi) is 5.62. The van der Waals surface area contributed by atoms with Crippen molar-refractivity contribution in [2.75, 3.05) is 30.4 Å². The van der Waals surface area contributed by atoms with E-state index >= 15 is 0 Å². The average molecular weight is 496 g/mol. The Labute approximate surface area is 200 Å². The molecule has 0 radical (unpaired) electrons. The highest BCUT2D eigenvalue weighted by molar-refractivity contribution is 7.92. The largest absolute Gasteiger partial charge is 0.495 e. The lowest BCUT2D eigenvalue weighted by Gasteiger charge is -2.19. The zero-order valence-electron chi connectivity index (χ0n) is 18.4. The fourth-order valence-electron chi connectivity index (χ4n) is 3.97. The van der Waals surface area contributed by atoms with Crippen molar-refractivity contribution in [1.29, 1.82) is 0 Å². The van der Waals surface area contributed by atoms with Gasteiger partial charge in [-0.2, -0.15) is 0 Å². The number of rotatable bonds is 6. The third kappa shape index (κ3) is 3.74. The lowest BCUT2D eigenvalue weighted by molar-refractivity contribution is 0.102. The summed E-state index contributed by atoms with van der Waals surface area (Å²) in [5, 5.41) is 3.16. The molecule has 2 heterocycles. The van der Waals surface area contributed by atoms with Gasteiger partial charge in [0.1, 0.15) is 21.7 Å². The average Bonchev–Trinajstić information content (AvgIpc) is 3.48. The van der Waals surface area contributed by atoms with Gasteiger partial charge in [0, 0.05) is 12.1 Å². The van der Waals surface area contributed by atoms with E-state index in [0.29, 0.717) is 46.4 Å². The SMILES string of the molecule is COc1ccc(OC)c2sc(NC(=O)c3ccc(S(=O)(=O)N4CCc5ccccc54)cc3)nc12. The molecule has 0 aliphatic carbocycles. The Morgan fingerprint density at radius 3 is 2.44 bits per heavy atom. The van der Waals surface area contributed by atoms with Gasteiger partial charge in [-0.05, 0) is 54.4 Å². The van der Waals surface area contributed by atoms with Gasteiger partial charge in [-0.25, -0.2) is 13.4 Å². The first-order valence-electron chi connectivity index (χ1n) is 10.5. The zero-order chi connectivity index (χ0) is 23.9. The number of carbonyl (C=O) groups excluding carboxylic acids is 1. The Hall–Kier alpha value is -3.63. The van der Waals surface area contributed by atoms with Crippen LogP contribution in [0.1, 0.15) is 15.9 Å². The molecule has 0 bridgehead atoms. The summed E-state index contributed by atoms with van der Waals surface area (Å²) in [5.41, 5.74) is 2.62. The lowest BCUT2D eigenvalue weighted by atomic mass is 10.2. The summed E-state index contributed by atoms with van der Waals surface area (Å²) >= 11 is 1.27. The first kappa shape index (κ1) is 22.2. The number of benzene rings is 3. The van der Waals surface area contributed by atoms with E-state index < -0.39 is 15.9 Å². The Bertz CT molecular complexity index is 1460. The third-order valence-electron chi connectivity index (χ3n) is 5.68. The number of fused-ring (bicyclic) bond motifs is 2. The number of methoxy groups -OCH3 is 2. The normalized spacial score (nSPS) is 13.1. The third-order valence-corrected chi connectivity index (χ3v) is 8.49. The number of aromatic nitrogens is 1. The van der Waals surface area contributed by atoms with E-state index in [1.165, 1.54) is 39.9 Å². The van der Waals surface area contributed by atoms with Crippen LogP contribution in [0, 0.1) is 0 Å². The molecule has 1 N–H and O–H groups in total. The number of anilines is 2. The first-order valence-corrected chi connectivity index (χ1v) is 12.7. The van der Waals surface area contributed by atoms with Crippen LogP contribution >= 0.6 is 11.3 Å². The number of hydrogen-bond donors (Lipinski definition) is 1. The molecular formula is C24H21N3O5S2. The maximum Gasteiger partial charge on any atom is 0.264 e. The topological polar surface area (TPSA) is 97.8 Å². The smallest absolute Gasteiger partial charge is 0.264 e. The van der Waals surface area contributed by atoms with E-state index in [9.17, 15) is 13.2 Å². The van der Waals surface area contributed by atoms with Crippen LogP contribution in [0.4, 0.5) is 10.8 Å². The molecule has 0 unspecified atom stereocenters. The van der Waals surface area contributed by atoms with Crippen molar-refractivity contribution >= 4 is 48.3 Å². The second-order valence-corrected chi connectivity index (χ2v) is 10.5. The highest BCUT2D eigenvalue weighted by Gasteiger charge is 2.30. The maximum absolute atomic E-state index is 13.2. The molecule has 1 amide bonds. The number of ether oxygens (including phenoxy) is 2. The molecular weight excluding hydrogens is 474 g/mol. The minimum atomic E-state index is -3.72. The number of hydrogen-bond acceptors (Lipinski definition) is 7. The monoisotopic (exact) mass is 495 g/mol. The van der Waals surface area contributed by atoms with Crippen molar-refractivity contribution in [2.24, 2.45) is 0 Å². The summed E-state index contributed by atoms with van der Waals surface area (Å²) in [4.78, 5) is 17.4. The van der Waals surface area contributed by atoms with Gasteiger partial charge in [0.15, 0.2) is 5.13 Å². The number of para-hydroxylation sites is 1. The summed E-state index contributed by atoms with van der Waals surface area (Å²) in [5.74, 6) is 0.810. The van der Waals surface area contributed by atoms with Crippen LogP contribution in [0.15, 0.2) is 65.6 Å². The number of sulfonamides is 1. The predicted molar refractivity (Wildman–Crippen MR) is 132 cm³/mol. The molecule has 1 aliphatic heterocycles. The van der Waals surface area contributed by atoms with E-state index in [-0.39, 0.29) is 4.90 Å². The van der Waals surface area contributed by atoms with Crippen molar-refractivity contribution in [3.8, 4) is 11.5 Å². The van der Waals surface area contributed by atoms with Gasteiger partial charge in [0.05, 0.1) is 24.8 Å². The van der Waals surface area contributed by atoms with E-state index in [1.54, 1.807) is 26.4 Å². The molecule has 0 atom stereocenters. The number of carbonyl (C=O) groups is 1. The molecule has 0 fully saturated rings. The molecule has 3 aromatic carbocycles. The van der Waals surface area contributed by atoms with Gasteiger partial charge in [-0.3, -0.25) is 14.4 Å². The van der Waals surface area contributed by atoms with Crippen molar-refractivity contribution in [3.05, 3.63) is 71.8 Å². The Morgan fingerprint density at radius 2 is 1.71 bits per heavy atom. The molecule has 1 aromatic heterocycles. The number of amides is 1. The molecule has 5 rings (SSSR count). The van der Waals surface area contributed by atoms with Crippen LogP contribution < -0.4 is 19.1 Å². The minimum absolute atomic E-state index is 0.134. The highest BCUT2D eigenvalue weighted by atomic mass is 32.2. The Morgan fingerprint density at radius 1 is 1.00 bits per heavy atom. The van der Waals surface area contributed by atoms with Gasteiger partial charge >= 0.3 is 0 Å². The van der Waals surface area contributed by atoms with E-state index in [1.807, 2.05) is 24.3 Å². The minimum Gasteiger partial charge on any atom is -0.495 e. The van der Waals surface area contributed by atoms with Crippen LogP contribution in [0.3, 0.4) is 0 Å². The summed E-state index contributed by atoms with van der Waals surface area (Å²) in [6.45, 7) is 0.397. The van der Waals surface area contributed by atoms with Gasteiger partial charge < -0.3 is 9.47 Å². The van der Waals surface area contributed by atoms with Crippen molar-refractivity contribution < 1.29 is 22.7 Å².